The van der Waals surface area contributed by atoms with Gasteiger partial charge in [0.05, 0.1) is 19.2 Å². The molecule has 1 aromatic rings. The SMILES string of the molecule is COc1cc(/C=C/C(=O)OCC(=O)N[C@@H]2CCC[C@@H](C)[C@@H]2C)cc(Cl)c1OC. The van der Waals surface area contributed by atoms with E-state index in [-0.39, 0.29) is 18.6 Å². The summed E-state index contributed by atoms with van der Waals surface area (Å²) in [4.78, 5) is 24.0. The minimum atomic E-state index is -0.605. The molecule has 0 bridgehead atoms. The van der Waals surface area contributed by atoms with Gasteiger partial charge in [-0.2, -0.15) is 0 Å². The Morgan fingerprint density at radius 1 is 1.21 bits per heavy atom. The topological polar surface area (TPSA) is 73.9 Å². The highest BCUT2D eigenvalue weighted by atomic mass is 35.5. The van der Waals surface area contributed by atoms with Gasteiger partial charge < -0.3 is 19.5 Å². The lowest BCUT2D eigenvalue weighted by molar-refractivity contribution is -0.144. The van der Waals surface area contributed by atoms with E-state index in [1.807, 2.05) is 0 Å². The molecule has 1 aliphatic carbocycles. The molecule has 0 aromatic heterocycles. The summed E-state index contributed by atoms with van der Waals surface area (Å²) < 4.78 is 15.4. The summed E-state index contributed by atoms with van der Waals surface area (Å²) in [6.07, 6.45) is 6.04. The van der Waals surface area contributed by atoms with E-state index in [4.69, 9.17) is 25.8 Å². The Morgan fingerprint density at radius 3 is 2.64 bits per heavy atom. The maximum Gasteiger partial charge on any atom is 0.331 e. The number of hydrogen-bond acceptors (Lipinski definition) is 5. The van der Waals surface area contributed by atoms with E-state index in [1.165, 1.54) is 26.7 Å². The van der Waals surface area contributed by atoms with Gasteiger partial charge in [0, 0.05) is 12.1 Å². The first kappa shape index (κ1) is 22.1. The van der Waals surface area contributed by atoms with Crippen molar-refractivity contribution in [1.82, 2.24) is 5.32 Å². The molecular formula is C21H28ClNO5. The smallest absolute Gasteiger partial charge is 0.331 e. The van der Waals surface area contributed by atoms with Crippen molar-refractivity contribution in [3.05, 3.63) is 28.8 Å². The predicted octanol–water partition coefficient (Wildman–Crippen LogP) is 3.85. The molecule has 1 N–H and O–H groups in total. The molecule has 1 amide bonds. The Balaban J connectivity index is 1.86. The Labute approximate surface area is 171 Å². The van der Waals surface area contributed by atoms with E-state index in [0.29, 0.717) is 33.9 Å². The third-order valence-electron chi connectivity index (χ3n) is 5.27. The van der Waals surface area contributed by atoms with Crippen molar-refractivity contribution in [1.29, 1.82) is 0 Å². The van der Waals surface area contributed by atoms with Crippen LogP contribution in [-0.4, -0.2) is 38.7 Å². The summed E-state index contributed by atoms with van der Waals surface area (Å²) >= 11 is 6.14. The standard InChI is InChI=1S/C21H28ClNO5/c1-13-6-5-7-17(14(13)2)23-19(24)12-28-20(25)9-8-15-10-16(22)21(27-4)18(11-15)26-3/h8-11,13-14,17H,5-7,12H2,1-4H3,(H,23,24)/b9-8+/t13-,14+,17-/m1/s1. The van der Waals surface area contributed by atoms with Crippen LogP contribution >= 0.6 is 11.6 Å². The lowest BCUT2D eigenvalue weighted by Crippen LogP contribution is -2.45. The average molecular weight is 410 g/mol. The van der Waals surface area contributed by atoms with Gasteiger partial charge in [0.2, 0.25) is 0 Å². The molecule has 1 saturated carbocycles. The minimum Gasteiger partial charge on any atom is -0.493 e. The second-order valence-corrected chi connectivity index (χ2v) is 7.53. The Morgan fingerprint density at radius 2 is 1.96 bits per heavy atom. The highest BCUT2D eigenvalue weighted by molar-refractivity contribution is 6.32. The first-order chi connectivity index (χ1) is 13.3. The molecule has 0 unspecified atom stereocenters. The quantitative estimate of drug-likeness (QED) is 0.546. The van der Waals surface area contributed by atoms with Crippen LogP contribution in [0.25, 0.3) is 6.08 Å². The number of amides is 1. The van der Waals surface area contributed by atoms with Gasteiger partial charge in [0.1, 0.15) is 0 Å². The fourth-order valence-electron chi connectivity index (χ4n) is 3.42. The van der Waals surface area contributed by atoms with Crippen LogP contribution in [0.4, 0.5) is 0 Å². The zero-order valence-corrected chi connectivity index (χ0v) is 17.5. The highest BCUT2D eigenvalue weighted by Gasteiger charge is 2.28. The third-order valence-corrected chi connectivity index (χ3v) is 5.55. The number of halogens is 1. The zero-order valence-electron chi connectivity index (χ0n) is 16.8. The van der Waals surface area contributed by atoms with Crippen molar-refractivity contribution in [2.75, 3.05) is 20.8 Å². The van der Waals surface area contributed by atoms with Crippen LogP contribution in [0.1, 0.15) is 38.7 Å². The Bertz CT molecular complexity index is 734. The molecule has 0 aliphatic heterocycles. The lowest BCUT2D eigenvalue weighted by atomic mass is 9.78. The third kappa shape index (κ3) is 5.89. The number of carbonyl (C=O) groups excluding carboxylic acids is 2. The maximum absolute atomic E-state index is 12.1. The second-order valence-electron chi connectivity index (χ2n) is 7.12. The van der Waals surface area contributed by atoms with Crippen LogP contribution in [-0.2, 0) is 14.3 Å². The van der Waals surface area contributed by atoms with Crippen LogP contribution in [0.3, 0.4) is 0 Å². The lowest BCUT2D eigenvalue weighted by Gasteiger charge is -2.34. The normalized spacial score (nSPS) is 22.0. The molecule has 154 valence electrons. The Hall–Kier alpha value is -2.21. The average Bonchev–Trinajstić information content (AvgIpc) is 2.67. The predicted molar refractivity (Wildman–Crippen MR) is 109 cm³/mol. The number of carbonyl (C=O) groups is 2. The maximum atomic E-state index is 12.1. The molecule has 7 heteroatoms. The molecule has 0 radical (unpaired) electrons. The van der Waals surface area contributed by atoms with Crippen molar-refractivity contribution in [3.63, 3.8) is 0 Å². The largest absolute Gasteiger partial charge is 0.493 e. The van der Waals surface area contributed by atoms with Crippen LogP contribution in [0.2, 0.25) is 5.02 Å². The number of ether oxygens (including phenoxy) is 3. The van der Waals surface area contributed by atoms with Crippen molar-refractivity contribution < 1.29 is 23.8 Å². The second kappa shape index (κ2) is 10.4. The number of rotatable bonds is 7. The number of nitrogens with one attached hydrogen (secondary N) is 1. The minimum absolute atomic E-state index is 0.138. The van der Waals surface area contributed by atoms with Crippen LogP contribution in [0.5, 0.6) is 11.5 Å². The van der Waals surface area contributed by atoms with E-state index in [9.17, 15) is 9.59 Å². The summed E-state index contributed by atoms with van der Waals surface area (Å²) in [6.45, 7) is 4.06. The number of methoxy groups -OCH3 is 2. The van der Waals surface area contributed by atoms with Crippen LogP contribution in [0, 0.1) is 11.8 Å². The van der Waals surface area contributed by atoms with Gasteiger partial charge in [0.15, 0.2) is 18.1 Å². The van der Waals surface area contributed by atoms with E-state index in [2.05, 4.69) is 19.2 Å². The highest BCUT2D eigenvalue weighted by Crippen LogP contribution is 2.36. The van der Waals surface area contributed by atoms with E-state index < -0.39 is 5.97 Å². The zero-order chi connectivity index (χ0) is 20.7. The van der Waals surface area contributed by atoms with Gasteiger partial charge in [-0.15, -0.1) is 0 Å². The van der Waals surface area contributed by atoms with Gasteiger partial charge in [0.25, 0.3) is 5.91 Å². The summed E-state index contributed by atoms with van der Waals surface area (Å²) in [5.74, 6) is 0.999. The Kier molecular flexibility index (Phi) is 8.18. The summed E-state index contributed by atoms with van der Waals surface area (Å²) in [5, 5.41) is 3.34. The monoisotopic (exact) mass is 409 g/mol. The molecule has 0 spiro atoms. The molecule has 1 fully saturated rings. The molecule has 6 nitrogen and oxygen atoms in total. The van der Waals surface area contributed by atoms with Gasteiger partial charge in [-0.25, -0.2) is 4.79 Å². The summed E-state index contributed by atoms with van der Waals surface area (Å²) in [5.41, 5.74) is 0.647. The fourth-order valence-corrected chi connectivity index (χ4v) is 3.71. The van der Waals surface area contributed by atoms with Crippen molar-refractivity contribution in [3.8, 4) is 11.5 Å². The molecule has 2 rings (SSSR count). The van der Waals surface area contributed by atoms with E-state index >= 15 is 0 Å². The molecule has 3 atom stereocenters. The van der Waals surface area contributed by atoms with E-state index in [1.54, 1.807) is 18.2 Å². The van der Waals surface area contributed by atoms with Crippen molar-refractivity contribution >= 4 is 29.6 Å². The first-order valence-corrected chi connectivity index (χ1v) is 9.79. The molecule has 28 heavy (non-hydrogen) atoms. The number of hydrogen-bond donors (Lipinski definition) is 1. The molecule has 0 saturated heterocycles. The van der Waals surface area contributed by atoms with Gasteiger partial charge in [-0.3, -0.25) is 4.79 Å². The first-order valence-electron chi connectivity index (χ1n) is 9.41. The van der Waals surface area contributed by atoms with Crippen LogP contribution in [0.15, 0.2) is 18.2 Å². The van der Waals surface area contributed by atoms with Gasteiger partial charge in [-0.05, 0) is 42.0 Å². The van der Waals surface area contributed by atoms with Gasteiger partial charge >= 0.3 is 5.97 Å². The van der Waals surface area contributed by atoms with E-state index in [0.717, 1.165) is 12.8 Å². The molecule has 0 heterocycles. The van der Waals surface area contributed by atoms with Crippen LogP contribution < -0.4 is 14.8 Å². The molecule has 1 aliphatic rings. The summed E-state index contributed by atoms with van der Waals surface area (Å²) in [7, 11) is 3.00. The molecule has 1 aromatic carbocycles. The van der Waals surface area contributed by atoms with Crippen molar-refractivity contribution in [2.45, 2.75) is 39.2 Å². The summed E-state index contributed by atoms with van der Waals surface area (Å²) in [6, 6.07) is 3.47. The van der Waals surface area contributed by atoms with Gasteiger partial charge in [-0.1, -0.05) is 38.3 Å². The van der Waals surface area contributed by atoms with Crippen molar-refractivity contribution in [2.24, 2.45) is 11.8 Å². The number of benzene rings is 1. The number of esters is 1. The fraction of sp³-hybridized carbons (Fsp3) is 0.524. The molecular weight excluding hydrogens is 382 g/mol.